The molecule has 0 bridgehead atoms. The first-order valence-electron chi connectivity index (χ1n) is 6.33. The van der Waals surface area contributed by atoms with Crippen molar-refractivity contribution in [3.8, 4) is 5.69 Å². The second-order valence-electron chi connectivity index (χ2n) is 4.73. The summed E-state index contributed by atoms with van der Waals surface area (Å²) in [6.45, 7) is 2.11. The van der Waals surface area contributed by atoms with E-state index in [1.165, 1.54) is 25.0 Å². The molecule has 1 saturated heterocycles. The quantitative estimate of drug-likeness (QED) is 0.881. The first-order chi connectivity index (χ1) is 8.83. The van der Waals surface area contributed by atoms with Crippen molar-refractivity contribution in [2.45, 2.75) is 18.8 Å². The van der Waals surface area contributed by atoms with Gasteiger partial charge in [-0.05, 0) is 43.7 Å². The highest BCUT2D eigenvalue weighted by Gasteiger charge is 2.17. The van der Waals surface area contributed by atoms with Crippen molar-refractivity contribution in [2.75, 3.05) is 13.1 Å². The van der Waals surface area contributed by atoms with Crippen LogP contribution in [0.2, 0.25) is 0 Å². The number of nitrogens with zero attached hydrogens (tertiary/aromatic N) is 2. The molecule has 1 aliphatic heterocycles. The van der Waals surface area contributed by atoms with E-state index in [-0.39, 0.29) is 5.82 Å². The summed E-state index contributed by atoms with van der Waals surface area (Å²) in [6, 6.07) is 6.47. The van der Waals surface area contributed by atoms with Crippen LogP contribution < -0.4 is 5.32 Å². The number of hydrogen-bond donors (Lipinski definition) is 1. The Labute approximate surface area is 106 Å². The Morgan fingerprint density at radius 1 is 1.28 bits per heavy atom. The lowest BCUT2D eigenvalue weighted by atomic mass is 9.97. The van der Waals surface area contributed by atoms with Gasteiger partial charge in [0.25, 0.3) is 0 Å². The summed E-state index contributed by atoms with van der Waals surface area (Å²) in [4.78, 5) is 4.47. The van der Waals surface area contributed by atoms with Gasteiger partial charge in [0.05, 0.1) is 12.0 Å². The number of hydrogen-bond acceptors (Lipinski definition) is 2. The first kappa shape index (κ1) is 11.4. The molecule has 1 aromatic carbocycles. The summed E-state index contributed by atoms with van der Waals surface area (Å²) in [7, 11) is 0. The molecule has 2 aromatic rings. The zero-order chi connectivity index (χ0) is 12.4. The van der Waals surface area contributed by atoms with E-state index >= 15 is 0 Å². The molecular weight excluding hydrogens is 229 g/mol. The number of imidazole rings is 1. The van der Waals surface area contributed by atoms with Gasteiger partial charge in [-0.25, -0.2) is 9.37 Å². The standard InChI is InChI=1S/C14H16FN3/c15-12-3-5-13(6-4-12)18-9-14(17-10-18)11-2-1-7-16-8-11/h3-6,9-11,16H,1-2,7-8H2. The van der Waals surface area contributed by atoms with E-state index in [1.54, 1.807) is 18.5 Å². The van der Waals surface area contributed by atoms with Crippen LogP contribution in [0.1, 0.15) is 24.5 Å². The summed E-state index contributed by atoms with van der Waals surface area (Å²) >= 11 is 0. The van der Waals surface area contributed by atoms with Crippen LogP contribution in [0, 0.1) is 5.82 Å². The van der Waals surface area contributed by atoms with Crippen LogP contribution in [0.15, 0.2) is 36.8 Å². The smallest absolute Gasteiger partial charge is 0.123 e. The minimum Gasteiger partial charge on any atom is -0.316 e. The zero-order valence-corrected chi connectivity index (χ0v) is 10.1. The predicted octanol–water partition coefficient (Wildman–Crippen LogP) is 2.48. The topological polar surface area (TPSA) is 29.9 Å². The third-order valence-corrected chi connectivity index (χ3v) is 3.44. The van der Waals surface area contributed by atoms with Gasteiger partial charge in [0, 0.05) is 24.3 Å². The number of piperidine rings is 1. The molecule has 1 aliphatic rings. The van der Waals surface area contributed by atoms with Gasteiger partial charge < -0.3 is 9.88 Å². The molecular formula is C14H16FN3. The molecule has 0 spiro atoms. The van der Waals surface area contributed by atoms with Crippen LogP contribution in [0.5, 0.6) is 0 Å². The lowest BCUT2D eigenvalue weighted by Gasteiger charge is -2.20. The molecule has 1 N–H and O–H groups in total. The molecule has 0 aliphatic carbocycles. The molecule has 0 radical (unpaired) electrons. The SMILES string of the molecule is Fc1ccc(-n2cnc(C3CCCNC3)c2)cc1. The third kappa shape index (κ3) is 2.29. The number of benzene rings is 1. The normalized spacial score (nSPS) is 19.9. The van der Waals surface area contributed by atoms with E-state index in [2.05, 4.69) is 10.3 Å². The van der Waals surface area contributed by atoms with Gasteiger partial charge in [-0.1, -0.05) is 0 Å². The van der Waals surface area contributed by atoms with Crippen molar-refractivity contribution in [3.63, 3.8) is 0 Å². The maximum Gasteiger partial charge on any atom is 0.123 e. The van der Waals surface area contributed by atoms with Crippen molar-refractivity contribution < 1.29 is 4.39 Å². The van der Waals surface area contributed by atoms with E-state index in [0.29, 0.717) is 5.92 Å². The number of aromatic nitrogens is 2. The average Bonchev–Trinajstić information content (AvgIpc) is 2.90. The minimum atomic E-state index is -0.212. The van der Waals surface area contributed by atoms with Crippen molar-refractivity contribution in [3.05, 3.63) is 48.3 Å². The van der Waals surface area contributed by atoms with E-state index in [9.17, 15) is 4.39 Å². The Kier molecular flexibility index (Phi) is 3.11. The van der Waals surface area contributed by atoms with Gasteiger partial charge in [-0.2, -0.15) is 0 Å². The van der Waals surface area contributed by atoms with Crippen molar-refractivity contribution in [1.29, 1.82) is 0 Å². The molecule has 1 fully saturated rings. The van der Waals surface area contributed by atoms with Crippen LogP contribution in [0.3, 0.4) is 0 Å². The summed E-state index contributed by atoms with van der Waals surface area (Å²) in [6.07, 6.45) is 6.24. The number of rotatable bonds is 2. The third-order valence-electron chi connectivity index (χ3n) is 3.44. The van der Waals surface area contributed by atoms with Crippen LogP contribution in [-0.2, 0) is 0 Å². The highest BCUT2D eigenvalue weighted by molar-refractivity contribution is 5.32. The van der Waals surface area contributed by atoms with E-state index in [1.807, 2.05) is 10.8 Å². The molecule has 0 saturated carbocycles. The molecule has 0 amide bonds. The van der Waals surface area contributed by atoms with Gasteiger partial charge in [-0.3, -0.25) is 0 Å². The summed E-state index contributed by atoms with van der Waals surface area (Å²) in [5, 5.41) is 3.39. The Morgan fingerprint density at radius 3 is 2.83 bits per heavy atom. The molecule has 1 unspecified atom stereocenters. The first-order valence-corrected chi connectivity index (χ1v) is 6.33. The van der Waals surface area contributed by atoms with Gasteiger partial charge >= 0.3 is 0 Å². The van der Waals surface area contributed by atoms with E-state index in [4.69, 9.17) is 0 Å². The summed E-state index contributed by atoms with van der Waals surface area (Å²) in [5.41, 5.74) is 2.06. The van der Waals surface area contributed by atoms with Crippen LogP contribution in [-0.4, -0.2) is 22.6 Å². The van der Waals surface area contributed by atoms with Gasteiger partial charge in [0.15, 0.2) is 0 Å². The van der Waals surface area contributed by atoms with Crippen LogP contribution in [0.4, 0.5) is 4.39 Å². The van der Waals surface area contributed by atoms with Crippen molar-refractivity contribution >= 4 is 0 Å². The number of halogens is 1. The largest absolute Gasteiger partial charge is 0.316 e. The molecule has 3 nitrogen and oxygen atoms in total. The fourth-order valence-electron chi connectivity index (χ4n) is 2.41. The Bertz CT molecular complexity index is 512. The molecule has 3 rings (SSSR count). The second kappa shape index (κ2) is 4.90. The highest BCUT2D eigenvalue weighted by Crippen LogP contribution is 2.22. The summed E-state index contributed by atoms with van der Waals surface area (Å²) in [5.74, 6) is 0.288. The fraction of sp³-hybridized carbons (Fsp3) is 0.357. The Hall–Kier alpha value is -1.68. The lowest BCUT2D eigenvalue weighted by molar-refractivity contribution is 0.455. The average molecular weight is 245 g/mol. The van der Waals surface area contributed by atoms with Crippen molar-refractivity contribution in [1.82, 2.24) is 14.9 Å². The molecule has 4 heteroatoms. The van der Waals surface area contributed by atoms with Crippen molar-refractivity contribution in [2.24, 2.45) is 0 Å². The second-order valence-corrected chi connectivity index (χ2v) is 4.73. The van der Waals surface area contributed by atoms with Gasteiger partial charge in [-0.15, -0.1) is 0 Å². The Morgan fingerprint density at radius 2 is 2.11 bits per heavy atom. The maximum absolute atomic E-state index is 12.9. The van der Waals surface area contributed by atoms with Crippen LogP contribution >= 0.6 is 0 Å². The van der Waals surface area contributed by atoms with E-state index < -0.39 is 0 Å². The minimum absolute atomic E-state index is 0.212. The molecule has 94 valence electrons. The zero-order valence-electron chi connectivity index (χ0n) is 10.1. The monoisotopic (exact) mass is 245 g/mol. The molecule has 2 heterocycles. The maximum atomic E-state index is 12.9. The van der Waals surface area contributed by atoms with Gasteiger partial charge in [0.1, 0.15) is 5.82 Å². The lowest BCUT2D eigenvalue weighted by Crippen LogP contribution is -2.28. The number of nitrogens with one attached hydrogen (secondary N) is 1. The highest BCUT2D eigenvalue weighted by atomic mass is 19.1. The van der Waals surface area contributed by atoms with Gasteiger partial charge in [0.2, 0.25) is 0 Å². The Balaban J connectivity index is 1.82. The summed E-state index contributed by atoms with van der Waals surface area (Å²) < 4.78 is 14.8. The molecule has 1 atom stereocenters. The fourth-order valence-corrected chi connectivity index (χ4v) is 2.41. The van der Waals surface area contributed by atoms with Crippen LogP contribution in [0.25, 0.3) is 5.69 Å². The molecule has 1 aromatic heterocycles. The molecule has 18 heavy (non-hydrogen) atoms. The van der Waals surface area contributed by atoms with E-state index in [0.717, 1.165) is 24.5 Å². The predicted molar refractivity (Wildman–Crippen MR) is 68.4 cm³/mol.